The first-order valence-electron chi connectivity index (χ1n) is 6.79. The zero-order chi connectivity index (χ0) is 14.5. The summed E-state index contributed by atoms with van der Waals surface area (Å²) in [5, 5.41) is 0. The van der Waals surface area contributed by atoms with Gasteiger partial charge in [-0.05, 0) is 30.5 Å². The first-order chi connectivity index (χ1) is 9.61. The fourth-order valence-electron chi connectivity index (χ4n) is 2.12. The summed E-state index contributed by atoms with van der Waals surface area (Å²) in [7, 11) is 0. The van der Waals surface area contributed by atoms with Gasteiger partial charge in [-0.1, -0.05) is 31.2 Å². The lowest BCUT2D eigenvalue weighted by molar-refractivity contribution is 0.0459. The number of anilines is 1. The van der Waals surface area contributed by atoms with Gasteiger partial charge in [-0.2, -0.15) is 0 Å². The third kappa shape index (κ3) is 3.20. The fraction of sp³-hybridized carbons (Fsp3) is 0.312. The molecule has 1 aromatic carbocycles. The average molecular weight is 272 g/mol. The van der Waals surface area contributed by atoms with E-state index in [1.165, 1.54) is 0 Å². The van der Waals surface area contributed by atoms with Crippen molar-refractivity contribution < 1.29 is 9.53 Å². The molecule has 2 N–H and O–H groups in total. The molecule has 0 aliphatic heterocycles. The Morgan fingerprint density at radius 3 is 2.80 bits per heavy atom. The molecule has 0 unspecified atom stereocenters. The van der Waals surface area contributed by atoms with E-state index in [-0.39, 0.29) is 12.6 Å². The molecule has 0 saturated carbocycles. The average Bonchev–Trinajstić information content (AvgIpc) is 2.79. The van der Waals surface area contributed by atoms with Crippen LogP contribution in [0.3, 0.4) is 0 Å². The minimum Gasteiger partial charge on any atom is -0.456 e. The molecule has 0 aliphatic carbocycles. The van der Waals surface area contributed by atoms with E-state index in [1.54, 1.807) is 12.3 Å². The maximum Gasteiger partial charge on any atom is 0.355 e. The van der Waals surface area contributed by atoms with Gasteiger partial charge in [0.1, 0.15) is 12.3 Å². The predicted molar refractivity (Wildman–Crippen MR) is 79.4 cm³/mol. The van der Waals surface area contributed by atoms with Crippen LogP contribution in [-0.2, 0) is 17.9 Å². The second-order valence-corrected chi connectivity index (χ2v) is 4.85. The minimum atomic E-state index is -0.335. The Balaban J connectivity index is 2.07. The first kappa shape index (κ1) is 14.2. The van der Waals surface area contributed by atoms with E-state index < -0.39 is 0 Å². The molecular formula is C16H20N2O2. The fourth-order valence-corrected chi connectivity index (χ4v) is 2.12. The molecule has 0 bridgehead atoms. The molecule has 0 amide bonds. The van der Waals surface area contributed by atoms with Gasteiger partial charge >= 0.3 is 5.97 Å². The summed E-state index contributed by atoms with van der Waals surface area (Å²) in [6.45, 7) is 5.09. The smallest absolute Gasteiger partial charge is 0.355 e. The van der Waals surface area contributed by atoms with Crippen molar-refractivity contribution in [1.29, 1.82) is 0 Å². The van der Waals surface area contributed by atoms with Crippen LogP contribution in [0.1, 0.15) is 35.0 Å². The minimum absolute atomic E-state index is 0.280. The lowest BCUT2D eigenvalue weighted by Crippen LogP contribution is -2.12. The molecule has 0 atom stereocenters. The summed E-state index contributed by atoms with van der Waals surface area (Å²) in [4.78, 5) is 12.1. The van der Waals surface area contributed by atoms with E-state index in [1.807, 2.05) is 35.8 Å². The molecule has 0 radical (unpaired) electrons. The second-order valence-electron chi connectivity index (χ2n) is 4.85. The zero-order valence-electron chi connectivity index (χ0n) is 11.9. The Labute approximate surface area is 119 Å². The summed E-state index contributed by atoms with van der Waals surface area (Å²) in [6.07, 6.45) is 2.71. The predicted octanol–water partition coefficient (Wildman–Crippen LogP) is 3.15. The van der Waals surface area contributed by atoms with Crippen LogP contribution in [0.25, 0.3) is 0 Å². The van der Waals surface area contributed by atoms with Crippen LogP contribution < -0.4 is 5.73 Å². The van der Waals surface area contributed by atoms with Crippen molar-refractivity contribution >= 4 is 11.7 Å². The third-order valence-electron chi connectivity index (χ3n) is 3.21. The number of nitrogens with zero attached hydrogens (tertiary/aromatic N) is 1. The molecule has 2 aromatic rings. The van der Waals surface area contributed by atoms with Crippen LogP contribution in [0.15, 0.2) is 36.5 Å². The molecule has 4 heteroatoms. The molecule has 1 aromatic heterocycles. The molecule has 0 fully saturated rings. The van der Waals surface area contributed by atoms with Crippen molar-refractivity contribution in [3.05, 3.63) is 53.3 Å². The number of aromatic nitrogens is 1. The van der Waals surface area contributed by atoms with Crippen molar-refractivity contribution in [2.45, 2.75) is 33.4 Å². The molecule has 20 heavy (non-hydrogen) atoms. The van der Waals surface area contributed by atoms with E-state index in [0.717, 1.165) is 24.1 Å². The summed E-state index contributed by atoms with van der Waals surface area (Å²) in [5.74, 6) is -0.335. The molecule has 2 rings (SSSR count). The van der Waals surface area contributed by atoms with Gasteiger partial charge in [0.05, 0.1) is 5.69 Å². The molecule has 1 heterocycles. The second kappa shape index (κ2) is 6.28. The summed E-state index contributed by atoms with van der Waals surface area (Å²) in [6, 6.07) is 9.53. The van der Waals surface area contributed by atoms with Crippen LogP contribution in [0.4, 0.5) is 5.69 Å². The topological polar surface area (TPSA) is 57.2 Å². The van der Waals surface area contributed by atoms with Gasteiger partial charge in [0, 0.05) is 12.7 Å². The number of carbonyl (C=O) groups is 1. The van der Waals surface area contributed by atoms with Crippen molar-refractivity contribution in [1.82, 2.24) is 4.57 Å². The van der Waals surface area contributed by atoms with E-state index in [2.05, 4.69) is 6.92 Å². The van der Waals surface area contributed by atoms with Gasteiger partial charge in [0.2, 0.25) is 0 Å². The number of nitrogen functional groups attached to an aromatic ring is 1. The normalized spacial score (nSPS) is 10.5. The zero-order valence-corrected chi connectivity index (χ0v) is 11.9. The summed E-state index contributed by atoms with van der Waals surface area (Å²) in [5.41, 5.74) is 8.98. The first-order valence-corrected chi connectivity index (χ1v) is 6.79. The highest BCUT2D eigenvalue weighted by Gasteiger charge is 2.14. The Kier molecular flexibility index (Phi) is 4.45. The number of hydrogen-bond acceptors (Lipinski definition) is 3. The molecule has 4 nitrogen and oxygen atoms in total. The van der Waals surface area contributed by atoms with E-state index in [4.69, 9.17) is 10.5 Å². The van der Waals surface area contributed by atoms with Crippen LogP contribution in [0.5, 0.6) is 0 Å². The van der Waals surface area contributed by atoms with Crippen molar-refractivity contribution in [2.75, 3.05) is 5.73 Å². The highest BCUT2D eigenvalue weighted by Crippen LogP contribution is 2.15. The molecule has 0 aliphatic rings. The Morgan fingerprint density at radius 2 is 2.10 bits per heavy atom. The van der Waals surface area contributed by atoms with Gasteiger partial charge in [0.15, 0.2) is 0 Å². The van der Waals surface area contributed by atoms with Gasteiger partial charge in [-0.3, -0.25) is 0 Å². The van der Waals surface area contributed by atoms with Gasteiger partial charge in [-0.15, -0.1) is 0 Å². The lowest BCUT2D eigenvalue weighted by atomic mass is 10.1. The standard InChI is InChI=1S/C16H20N2O2/c1-3-8-18-10-14(17)9-15(18)16(19)20-11-13-7-5-4-6-12(13)2/h4-7,9-10H,3,8,11,17H2,1-2H3. The highest BCUT2D eigenvalue weighted by molar-refractivity contribution is 5.89. The van der Waals surface area contributed by atoms with Gasteiger partial charge < -0.3 is 15.0 Å². The Hall–Kier alpha value is -2.23. The molecule has 0 saturated heterocycles. The number of esters is 1. The number of aryl methyl sites for hydroxylation is 2. The third-order valence-corrected chi connectivity index (χ3v) is 3.21. The van der Waals surface area contributed by atoms with E-state index >= 15 is 0 Å². The number of rotatable bonds is 5. The van der Waals surface area contributed by atoms with Gasteiger partial charge in [-0.25, -0.2) is 4.79 Å². The Morgan fingerprint density at radius 1 is 1.35 bits per heavy atom. The SMILES string of the molecule is CCCn1cc(N)cc1C(=O)OCc1ccccc1C. The number of ether oxygens (including phenoxy) is 1. The molecule has 0 spiro atoms. The monoisotopic (exact) mass is 272 g/mol. The maximum atomic E-state index is 12.1. The Bertz CT molecular complexity index is 602. The quantitative estimate of drug-likeness (QED) is 0.851. The number of carbonyl (C=O) groups excluding carboxylic acids is 1. The largest absolute Gasteiger partial charge is 0.456 e. The maximum absolute atomic E-state index is 12.1. The van der Waals surface area contributed by atoms with Gasteiger partial charge in [0.25, 0.3) is 0 Å². The van der Waals surface area contributed by atoms with Crippen LogP contribution in [0.2, 0.25) is 0 Å². The number of nitrogens with two attached hydrogens (primary N) is 1. The van der Waals surface area contributed by atoms with Crippen LogP contribution in [-0.4, -0.2) is 10.5 Å². The van der Waals surface area contributed by atoms with Crippen molar-refractivity contribution in [2.24, 2.45) is 0 Å². The van der Waals surface area contributed by atoms with E-state index in [0.29, 0.717) is 11.4 Å². The summed E-state index contributed by atoms with van der Waals surface area (Å²) < 4.78 is 7.22. The number of hydrogen-bond donors (Lipinski definition) is 1. The van der Waals surface area contributed by atoms with Crippen molar-refractivity contribution in [3.8, 4) is 0 Å². The summed E-state index contributed by atoms with van der Waals surface area (Å²) >= 11 is 0. The molecule has 106 valence electrons. The van der Waals surface area contributed by atoms with Crippen molar-refractivity contribution in [3.63, 3.8) is 0 Å². The molecular weight excluding hydrogens is 252 g/mol. The van der Waals surface area contributed by atoms with Crippen LogP contribution >= 0.6 is 0 Å². The lowest BCUT2D eigenvalue weighted by Gasteiger charge is -2.09. The highest BCUT2D eigenvalue weighted by atomic mass is 16.5. The van der Waals surface area contributed by atoms with E-state index in [9.17, 15) is 4.79 Å². The number of benzene rings is 1. The van der Waals surface area contributed by atoms with Crippen LogP contribution in [0, 0.1) is 6.92 Å².